The number of carbonyl (C=O) groups is 2. The third kappa shape index (κ3) is 3.34. The lowest BCUT2D eigenvalue weighted by Crippen LogP contribution is -2.26. The average Bonchev–Trinajstić information content (AvgIpc) is 2.06. The van der Waals surface area contributed by atoms with Gasteiger partial charge in [0.2, 0.25) is 0 Å². The van der Waals surface area contributed by atoms with Crippen molar-refractivity contribution in [3.8, 4) is 0 Å². The van der Waals surface area contributed by atoms with E-state index in [-0.39, 0.29) is 11.1 Å². The number of alkyl halides is 1. The largest absolute Gasteiger partial charge is 0.465 e. The van der Waals surface area contributed by atoms with Gasteiger partial charge in [-0.3, -0.25) is 9.59 Å². The van der Waals surface area contributed by atoms with Crippen molar-refractivity contribution in [2.45, 2.75) is 20.3 Å². The lowest BCUT2D eigenvalue weighted by molar-refractivity contribution is -0.151. The Morgan fingerprint density at radius 3 is 2.33 bits per heavy atom. The number of hydrogen-bond acceptors (Lipinski definition) is 3. The highest BCUT2D eigenvalue weighted by molar-refractivity contribution is 9.09. The number of halogens is 1. The Kier molecular flexibility index (Phi) is 5.98. The molecule has 0 saturated carbocycles. The molecule has 0 aromatic carbocycles. The Balaban J connectivity index is 4.14. The van der Waals surface area contributed by atoms with E-state index in [0.29, 0.717) is 13.0 Å². The Morgan fingerprint density at radius 1 is 1.42 bits per heavy atom. The molecule has 0 aliphatic rings. The zero-order valence-corrected chi connectivity index (χ0v) is 8.89. The van der Waals surface area contributed by atoms with Crippen molar-refractivity contribution in [3.05, 3.63) is 0 Å². The van der Waals surface area contributed by atoms with E-state index in [1.807, 2.05) is 0 Å². The lowest BCUT2D eigenvalue weighted by Gasteiger charge is -2.09. The van der Waals surface area contributed by atoms with Gasteiger partial charge in [0.15, 0.2) is 5.78 Å². The molecule has 0 rings (SSSR count). The molecule has 12 heavy (non-hydrogen) atoms. The zero-order chi connectivity index (χ0) is 9.56. The van der Waals surface area contributed by atoms with Gasteiger partial charge in [-0.2, -0.15) is 0 Å². The second-order valence-corrected chi connectivity index (χ2v) is 2.87. The summed E-state index contributed by atoms with van der Waals surface area (Å²) in [6, 6.07) is 0. The van der Waals surface area contributed by atoms with Gasteiger partial charge < -0.3 is 4.74 Å². The number of ether oxygens (including phenoxy) is 1. The number of esters is 1. The van der Waals surface area contributed by atoms with Crippen molar-refractivity contribution in [2.75, 3.05) is 11.9 Å². The van der Waals surface area contributed by atoms with Crippen LogP contribution in [0.1, 0.15) is 20.3 Å². The highest BCUT2D eigenvalue weighted by atomic mass is 79.9. The molecule has 0 aromatic rings. The first-order valence-corrected chi connectivity index (χ1v) is 5.04. The van der Waals surface area contributed by atoms with Crippen LogP contribution in [0.2, 0.25) is 0 Å². The molecule has 1 atom stereocenters. The summed E-state index contributed by atoms with van der Waals surface area (Å²) in [5.41, 5.74) is 0. The normalized spacial score (nSPS) is 12.2. The second-order valence-electron chi connectivity index (χ2n) is 2.31. The second kappa shape index (κ2) is 6.17. The fraction of sp³-hybridized carbons (Fsp3) is 0.750. The molecular formula is C8H13BrO3. The SMILES string of the molecule is CCOC(=O)[C@@H](CC)C(=O)CBr. The highest BCUT2D eigenvalue weighted by Gasteiger charge is 2.24. The molecule has 0 aliphatic heterocycles. The van der Waals surface area contributed by atoms with E-state index in [9.17, 15) is 9.59 Å². The summed E-state index contributed by atoms with van der Waals surface area (Å²) in [4.78, 5) is 22.2. The van der Waals surface area contributed by atoms with Crippen LogP contribution in [-0.4, -0.2) is 23.7 Å². The molecule has 0 aliphatic carbocycles. The van der Waals surface area contributed by atoms with Crippen molar-refractivity contribution >= 4 is 27.7 Å². The molecule has 0 saturated heterocycles. The Labute approximate surface area is 80.6 Å². The molecule has 0 spiro atoms. The maximum Gasteiger partial charge on any atom is 0.316 e. The summed E-state index contributed by atoms with van der Waals surface area (Å²) >= 11 is 3.02. The molecular weight excluding hydrogens is 224 g/mol. The minimum Gasteiger partial charge on any atom is -0.465 e. The maximum absolute atomic E-state index is 11.1. The van der Waals surface area contributed by atoms with Crippen molar-refractivity contribution < 1.29 is 14.3 Å². The molecule has 3 nitrogen and oxygen atoms in total. The summed E-state index contributed by atoms with van der Waals surface area (Å²) in [5.74, 6) is -1.12. The Bertz CT molecular complexity index is 168. The quantitative estimate of drug-likeness (QED) is 0.414. The molecule has 70 valence electrons. The van der Waals surface area contributed by atoms with Crippen LogP contribution in [0.5, 0.6) is 0 Å². The van der Waals surface area contributed by atoms with Gasteiger partial charge >= 0.3 is 5.97 Å². The third-order valence-corrected chi connectivity index (χ3v) is 2.05. The van der Waals surface area contributed by atoms with E-state index in [0.717, 1.165) is 0 Å². The molecule has 0 amide bonds. The minimum atomic E-state index is -0.593. The van der Waals surface area contributed by atoms with Crippen molar-refractivity contribution in [3.63, 3.8) is 0 Å². The van der Waals surface area contributed by atoms with Gasteiger partial charge in [-0.15, -0.1) is 0 Å². The van der Waals surface area contributed by atoms with Gasteiger partial charge in [0.25, 0.3) is 0 Å². The number of hydrogen-bond donors (Lipinski definition) is 0. The van der Waals surface area contributed by atoms with Crippen molar-refractivity contribution in [2.24, 2.45) is 5.92 Å². The third-order valence-electron chi connectivity index (χ3n) is 1.50. The smallest absolute Gasteiger partial charge is 0.316 e. The lowest BCUT2D eigenvalue weighted by atomic mass is 10.0. The van der Waals surface area contributed by atoms with E-state index in [1.54, 1.807) is 13.8 Å². The van der Waals surface area contributed by atoms with Crippen LogP contribution in [0, 0.1) is 5.92 Å². The van der Waals surface area contributed by atoms with E-state index in [2.05, 4.69) is 15.9 Å². The average molecular weight is 237 g/mol. The van der Waals surface area contributed by atoms with Crippen molar-refractivity contribution in [1.29, 1.82) is 0 Å². The predicted octanol–water partition coefficient (Wildman–Crippen LogP) is 1.54. The number of ketones is 1. The highest BCUT2D eigenvalue weighted by Crippen LogP contribution is 2.08. The Hall–Kier alpha value is -0.380. The minimum absolute atomic E-state index is 0.115. The molecule has 0 fully saturated rings. The topological polar surface area (TPSA) is 43.4 Å². The first kappa shape index (κ1) is 11.6. The first-order valence-electron chi connectivity index (χ1n) is 3.92. The van der Waals surface area contributed by atoms with Crippen LogP contribution in [0.15, 0.2) is 0 Å². The molecule has 0 unspecified atom stereocenters. The Morgan fingerprint density at radius 2 is 2.00 bits per heavy atom. The summed E-state index contributed by atoms with van der Waals surface area (Å²) in [6.07, 6.45) is 0.503. The van der Waals surface area contributed by atoms with Gasteiger partial charge in [-0.25, -0.2) is 0 Å². The fourth-order valence-electron chi connectivity index (χ4n) is 0.862. The standard InChI is InChI=1S/C8H13BrO3/c1-3-6(7(10)5-9)8(11)12-4-2/h6H,3-5H2,1-2H3/t6-/m0/s1. The molecule has 0 heterocycles. The maximum atomic E-state index is 11.1. The number of rotatable bonds is 5. The van der Waals surface area contributed by atoms with Gasteiger partial charge in [0.05, 0.1) is 11.9 Å². The predicted molar refractivity (Wildman–Crippen MR) is 49.2 cm³/mol. The van der Waals surface area contributed by atoms with Crippen LogP contribution in [0.3, 0.4) is 0 Å². The van der Waals surface area contributed by atoms with Crippen LogP contribution in [0.4, 0.5) is 0 Å². The van der Waals surface area contributed by atoms with Gasteiger partial charge in [-0.1, -0.05) is 22.9 Å². The van der Waals surface area contributed by atoms with E-state index in [4.69, 9.17) is 4.74 Å². The van der Waals surface area contributed by atoms with Gasteiger partial charge in [0.1, 0.15) is 5.92 Å². The summed E-state index contributed by atoms with van der Waals surface area (Å²) in [5, 5.41) is 0.213. The first-order chi connectivity index (χ1) is 5.67. The monoisotopic (exact) mass is 236 g/mol. The number of Topliss-reactive ketones (excluding diaryl/α,β-unsaturated/α-hetero) is 1. The van der Waals surface area contributed by atoms with Gasteiger partial charge in [0, 0.05) is 0 Å². The molecule has 4 heteroatoms. The van der Waals surface area contributed by atoms with Crippen LogP contribution in [-0.2, 0) is 14.3 Å². The van der Waals surface area contributed by atoms with E-state index in [1.165, 1.54) is 0 Å². The summed E-state index contributed by atoms with van der Waals surface area (Å²) < 4.78 is 4.74. The van der Waals surface area contributed by atoms with E-state index < -0.39 is 11.9 Å². The molecule has 0 radical (unpaired) electrons. The summed E-state index contributed by atoms with van der Waals surface area (Å²) in [7, 11) is 0. The van der Waals surface area contributed by atoms with Gasteiger partial charge in [-0.05, 0) is 13.3 Å². The summed E-state index contributed by atoms with van der Waals surface area (Å²) in [6.45, 7) is 3.84. The van der Waals surface area contributed by atoms with E-state index >= 15 is 0 Å². The molecule has 0 bridgehead atoms. The van der Waals surface area contributed by atoms with Crippen LogP contribution < -0.4 is 0 Å². The molecule has 0 N–H and O–H groups in total. The molecule has 0 aromatic heterocycles. The fourth-order valence-corrected chi connectivity index (χ4v) is 1.25. The zero-order valence-electron chi connectivity index (χ0n) is 7.30. The van der Waals surface area contributed by atoms with Crippen LogP contribution >= 0.6 is 15.9 Å². The van der Waals surface area contributed by atoms with Crippen molar-refractivity contribution in [1.82, 2.24) is 0 Å². The van der Waals surface area contributed by atoms with Crippen LogP contribution in [0.25, 0.3) is 0 Å². The number of carbonyl (C=O) groups excluding carboxylic acids is 2.